The van der Waals surface area contributed by atoms with Crippen LogP contribution in [0.15, 0.2) is 24.3 Å². The third kappa shape index (κ3) is 1.33. The van der Waals surface area contributed by atoms with E-state index in [2.05, 4.69) is 24.8 Å². The maximum atomic E-state index is 5.96. The molecule has 0 aromatic heterocycles. The molecular formula is C11H15NS. The van der Waals surface area contributed by atoms with Gasteiger partial charge in [-0.15, -0.1) is 0 Å². The van der Waals surface area contributed by atoms with Gasteiger partial charge in [0.25, 0.3) is 0 Å². The summed E-state index contributed by atoms with van der Waals surface area (Å²) in [7, 11) is 0. The highest BCUT2D eigenvalue weighted by molar-refractivity contribution is 7.80. The van der Waals surface area contributed by atoms with E-state index in [-0.39, 0.29) is 5.41 Å². The quantitative estimate of drug-likeness (QED) is 0.548. The van der Waals surface area contributed by atoms with E-state index in [1.807, 2.05) is 12.1 Å². The van der Waals surface area contributed by atoms with E-state index in [4.69, 9.17) is 5.73 Å². The van der Waals surface area contributed by atoms with Crippen molar-refractivity contribution < 1.29 is 0 Å². The molecule has 0 saturated heterocycles. The van der Waals surface area contributed by atoms with Gasteiger partial charge in [0.2, 0.25) is 0 Å². The van der Waals surface area contributed by atoms with Crippen LogP contribution in [0.1, 0.15) is 24.8 Å². The molecule has 0 bridgehead atoms. The molecule has 1 fully saturated rings. The first-order valence-corrected chi connectivity index (χ1v) is 5.38. The Morgan fingerprint density at radius 1 is 1.31 bits per heavy atom. The standard InChI is InChI=1S/C11H15NS/c12-10-5-2-1-4-9(10)11(8-13)6-3-7-11/h1-2,4-5,13H,3,6-8,12H2. The molecule has 1 aromatic carbocycles. The largest absolute Gasteiger partial charge is 0.398 e. The fourth-order valence-electron chi connectivity index (χ4n) is 2.10. The highest BCUT2D eigenvalue weighted by Gasteiger charge is 2.38. The molecule has 0 atom stereocenters. The second kappa shape index (κ2) is 3.26. The van der Waals surface area contributed by atoms with Gasteiger partial charge in [0.1, 0.15) is 0 Å². The first-order valence-electron chi connectivity index (χ1n) is 4.74. The molecule has 1 aliphatic rings. The molecule has 2 heteroatoms. The number of hydrogen-bond acceptors (Lipinski definition) is 2. The van der Waals surface area contributed by atoms with Crippen LogP contribution in [0.4, 0.5) is 5.69 Å². The van der Waals surface area contributed by atoms with Crippen LogP contribution >= 0.6 is 12.6 Å². The predicted octanol–water partition coefficient (Wildman–Crippen LogP) is 2.62. The minimum Gasteiger partial charge on any atom is -0.398 e. The summed E-state index contributed by atoms with van der Waals surface area (Å²) in [5.41, 5.74) is 8.47. The molecule has 0 radical (unpaired) electrons. The van der Waals surface area contributed by atoms with Crippen molar-refractivity contribution in [2.45, 2.75) is 24.7 Å². The number of benzene rings is 1. The SMILES string of the molecule is Nc1ccccc1C1(CS)CCC1. The Hall–Kier alpha value is -0.630. The first-order chi connectivity index (χ1) is 6.28. The van der Waals surface area contributed by atoms with Crippen LogP contribution in [0, 0.1) is 0 Å². The van der Waals surface area contributed by atoms with Crippen molar-refractivity contribution >= 4 is 18.3 Å². The van der Waals surface area contributed by atoms with E-state index in [0.29, 0.717) is 0 Å². The van der Waals surface area contributed by atoms with Crippen molar-refractivity contribution in [2.75, 3.05) is 11.5 Å². The molecule has 1 aliphatic carbocycles. The summed E-state index contributed by atoms with van der Waals surface area (Å²) in [6.45, 7) is 0. The summed E-state index contributed by atoms with van der Waals surface area (Å²) in [6, 6.07) is 8.18. The fraction of sp³-hybridized carbons (Fsp3) is 0.455. The van der Waals surface area contributed by atoms with Crippen LogP contribution in [0.2, 0.25) is 0 Å². The lowest BCUT2D eigenvalue weighted by Crippen LogP contribution is -2.36. The van der Waals surface area contributed by atoms with Crippen molar-refractivity contribution in [1.82, 2.24) is 0 Å². The second-order valence-corrected chi connectivity index (χ2v) is 4.20. The van der Waals surface area contributed by atoms with Gasteiger partial charge in [-0.1, -0.05) is 24.6 Å². The van der Waals surface area contributed by atoms with Crippen molar-refractivity contribution in [1.29, 1.82) is 0 Å². The number of nitrogens with two attached hydrogens (primary N) is 1. The van der Waals surface area contributed by atoms with Crippen LogP contribution in [0.5, 0.6) is 0 Å². The summed E-state index contributed by atoms with van der Waals surface area (Å²) in [5, 5.41) is 0. The van der Waals surface area contributed by atoms with Crippen molar-refractivity contribution in [3.63, 3.8) is 0 Å². The predicted molar refractivity (Wildman–Crippen MR) is 60.2 cm³/mol. The molecular weight excluding hydrogens is 178 g/mol. The summed E-state index contributed by atoms with van der Waals surface area (Å²) < 4.78 is 0. The van der Waals surface area contributed by atoms with Gasteiger partial charge in [-0.3, -0.25) is 0 Å². The minimum atomic E-state index is 0.286. The first kappa shape index (κ1) is 8.95. The number of rotatable bonds is 2. The Kier molecular flexibility index (Phi) is 2.24. The Balaban J connectivity index is 2.38. The summed E-state index contributed by atoms with van der Waals surface area (Å²) in [5.74, 6) is 0.918. The van der Waals surface area contributed by atoms with Gasteiger partial charge in [-0.25, -0.2) is 0 Å². The van der Waals surface area contributed by atoms with Gasteiger partial charge in [-0.05, 0) is 24.5 Å². The van der Waals surface area contributed by atoms with Crippen LogP contribution in [0.3, 0.4) is 0 Å². The Morgan fingerprint density at radius 2 is 2.00 bits per heavy atom. The Morgan fingerprint density at radius 3 is 2.46 bits per heavy atom. The number of thiol groups is 1. The Labute approximate surface area is 84.7 Å². The van der Waals surface area contributed by atoms with E-state index in [1.54, 1.807) is 0 Å². The highest BCUT2D eigenvalue weighted by atomic mass is 32.1. The van der Waals surface area contributed by atoms with Crippen LogP contribution in [-0.2, 0) is 5.41 Å². The molecule has 0 aliphatic heterocycles. The fourth-order valence-corrected chi connectivity index (χ4v) is 2.58. The van der Waals surface area contributed by atoms with E-state index in [1.165, 1.54) is 24.8 Å². The molecule has 13 heavy (non-hydrogen) atoms. The number of nitrogen functional groups attached to an aromatic ring is 1. The number of para-hydroxylation sites is 1. The van der Waals surface area contributed by atoms with Crippen molar-refractivity contribution in [2.24, 2.45) is 0 Å². The van der Waals surface area contributed by atoms with Gasteiger partial charge < -0.3 is 5.73 Å². The molecule has 1 saturated carbocycles. The summed E-state index contributed by atoms with van der Waals surface area (Å²) in [6.07, 6.45) is 3.80. The topological polar surface area (TPSA) is 26.0 Å². The zero-order valence-corrected chi connectivity index (χ0v) is 8.56. The molecule has 0 unspecified atom stereocenters. The van der Waals surface area contributed by atoms with E-state index >= 15 is 0 Å². The summed E-state index contributed by atoms with van der Waals surface area (Å²) >= 11 is 4.44. The third-order valence-electron chi connectivity index (χ3n) is 3.15. The molecule has 0 amide bonds. The maximum absolute atomic E-state index is 5.96. The lowest BCUT2D eigenvalue weighted by atomic mass is 9.65. The van der Waals surface area contributed by atoms with Gasteiger partial charge in [0.05, 0.1) is 0 Å². The molecule has 0 spiro atoms. The van der Waals surface area contributed by atoms with Gasteiger partial charge >= 0.3 is 0 Å². The van der Waals surface area contributed by atoms with E-state index in [0.717, 1.165) is 11.4 Å². The third-order valence-corrected chi connectivity index (χ3v) is 3.75. The zero-order chi connectivity index (χ0) is 9.31. The maximum Gasteiger partial charge on any atom is 0.0352 e. The number of anilines is 1. The smallest absolute Gasteiger partial charge is 0.0352 e. The van der Waals surface area contributed by atoms with E-state index < -0.39 is 0 Å². The van der Waals surface area contributed by atoms with E-state index in [9.17, 15) is 0 Å². The minimum absolute atomic E-state index is 0.286. The van der Waals surface area contributed by atoms with Crippen LogP contribution in [-0.4, -0.2) is 5.75 Å². The zero-order valence-electron chi connectivity index (χ0n) is 7.66. The molecule has 0 heterocycles. The van der Waals surface area contributed by atoms with Gasteiger partial charge in [0, 0.05) is 16.9 Å². The van der Waals surface area contributed by atoms with Gasteiger partial charge in [0.15, 0.2) is 0 Å². The van der Waals surface area contributed by atoms with Gasteiger partial charge in [-0.2, -0.15) is 12.6 Å². The average molecular weight is 193 g/mol. The second-order valence-electron chi connectivity index (χ2n) is 3.88. The van der Waals surface area contributed by atoms with Crippen molar-refractivity contribution in [3.8, 4) is 0 Å². The molecule has 2 N–H and O–H groups in total. The lowest BCUT2D eigenvalue weighted by Gasteiger charge is -2.42. The van der Waals surface area contributed by atoms with Crippen LogP contribution in [0.25, 0.3) is 0 Å². The highest BCUT2D eigenvalue weighted by Crippen LogP contribution is 2.46. The number of hydrogen-bond donors (Lipinski definition) is 2. The Bertz CT molecular complexity index is 299. The monoisotopic (exact) mass is 193 g/mol. The normalized spacial score (nSPS) is 19.5. The molecule has 70 valence electrons. The average Bonchev–Trinajstić information content (AvgIpc) is 2.07. The molecule has 1 aromatic rings. The molecule has 2 rings (SSSR count). The molecule has 1 nitrogen and oxygen atoms in total. The lowest BCUT2D eigenvalue weighted by molar-refractivity contribution is 0.280. The van der Waals surface area contributed by atoms with Crippen molar-refractivity contribution in [3.05, 3.63) is 29.8 Å². The van der Waals surface area contributed by atoms with Crippen LogP contribution < -0.4 is 5.73 Å². The summed E-state index contributed by atoms with van der Waals surface area (Å²) in [4.78, 5) is 0.